The van der Waals surface area contributed by atoms with Crippen LogP contribution in [-0.4, -0.2) is 4.92 Å². The number of non-ortho nitro benzene ring substituents is 1. The van der Waals surface area contributed by atoms with Crippen molar-refractivity contribution in [3.63, 3.8) is 0 Å². The van der Waals surface area contributed by atoms with Crippen molar-refractivity contribution in [2.45, 2.75) is 0 Å². The molecule has 4 rings (SSSR count). The third-order valence-corrected chi connectivity index (χ3v) is 5.29. The molecule has 0 N–H and O–H groups in total. The SMILES string of the molecule is C[n+]1c(-c2ccc(Cl)c(Cl)c2)c2cc([N+](=O)[O-])ccc2c2ccccc21. The van der Waals surface area contributed by atoms with Crippen molar-refractivity contribution < 1.29 is 9.49 Å². The number of halogens is 2. The summed E-state index contributed by atoms with van der Waals surface area (Å²) in [5.41, 5.74) is 2.77. The van der Waals surface area contributed by atoms with Crippen LogP contribution in [0.3, 0.4) is 0 Å². The standard InChI is InChI=1S/C20H13Cl2N2O2/c1-23-19-5-3-2-4-15(19)14-8-7-13(24(25)26)11-16(14)20(23)12-6-9-17(21)18(22)10-12/h2-11H,1H3/q+1. The molecule has 0 saturated carbocycles. The van der Waals surface area contributed by atoms with Crippen LogP contribution in [0.25, 0.3) is 32.9 Å². The molecule has 1 heterocycles. The topological polar surface area (TPSA) is 47.0 Å². The lowest BCUT2D eigenvalue weighted by molar-refractivity contribution is -0.632. The average molecular weight is 384 g/mol. The number of fused-ring (bicyclic) bond motifs is 3. The fraction of sp³-hybridized carbons (Fsp3) is 0.0500. The number of hydrogen-bond donors (Lipinski definition) is 0. The molecule has 0 radical (unpaired) electrons. The van der Waals surface area contributed by atoms with Crippen LogP contribution in [0.1, 0.15) is 0 Å². The fourth-order valence-corrected chi connectivity index (χ4v) is 3.66. The van der Waals surface area contributed by atoms with Gasteiger partial charge < -0.3 is 0 Å². The Labute approximate surface area is 159 Å². The number of nitro benzene ring substituents is 1. The summed E-state index contributed by atoms with van der Waals surface area (Å²) in [4.78, 5) is 10.9. The Kier molecular flexibility index (Phi) is 4.02. The third-order valence-electron chi connectivity index (χ3n) is 4.55. The van der Waals surface area contributed by atoms with Crippen molar-refractivity contribution in [1.29, 1.82) is 0 Å². The molecule has 3 aromatic carbocycles. The number of hydrogen-bond acceptors (Lipinski definition) is 2. The molecular formula is C20H13Cl2N2O2+. The lowest BCUT2D eigenvalue weighted by Crippen LogP contribution is -2.32. The van der Waals surface area contributed by atoms with E-state index >= 15 is 0 Å². The van der Waals surface area contributed by atoms with E-state index in [0.29, 0.717) is 10.0 Å². The van der Waals surface area contributed by atoms with Crippen LogP contribution in [0, 0.1) is 10.1 Å². The van der Waals surface area contributed by atoms with Gasteiger partial charge in [-0.15, -0.1) is 0 Å². The highest BCUT2D eigenvalue weighted by Crippen LogP contribution is 2.35. The van der Waals surface area contributed by atoms with E-state index in [4.69, 9.17) is 23.2 Å². The van der Waals surface area contributed by atoms with Crippen LogP contribution in [0.15, 0.2) is 60.7 Å². The lowest BCUT2D eigenvalue weighted by Gasteiger charge is -2.10. The molecule has 0 aliphatic carbocycles. The first-order valence-corrected chi connectivity index (χ1v) is 8.67. The maximum atomic E-state index is 11.3. The second kappa shape index (κ2) is 6.24. The number of nitrogens with zero attached hydrogens (tertiary/aromatic N) is 2. The molecule has 0 aliphatic rings. The third kappa shape index (κ3) is 2.59. The van der Waals surface area contributed by atoms with Crippen molar-refractivity contribution in [3.8, 4) is 11.3 Å². The molecular weight excluding hydrogens is 371 g/mol. The summed E-state index contributed by atoms with van der Waals surface area (Å²) in [6, 6.07) is 18.3. The van der Waals surface area contributed by atoms with Gasteiger partial charge in [-0.1, -0.05) is 35.3 Å². The molecule has 128 valence electrons. The molecule has 1 aromatic heterocycles. The Morgan fingerprint density at radius 3 is 2.38 bits per heavy atom. The summed E-state index contributed by atoms with van der Waals surface area (Å²) in [6.07, 6.45) is 0. The number of aryl methyl sites for hydroxylation is 1. The number of benzene rings is 3. The average Bonchev–Trinajstić information content (AvgIpc) is 2.64. The van der Waals surface area contributed by atoms with E-state index in [1.165, 1.54) is 6.07 Å². The first-order valence-electron chi connectivity index (χ1n) is 7.91. The molecule has 0 spiro atoms. The number of rotatable bonds is 2. The van der Waals surface area contributed by atoms with Gasteiger partial charge in [-0.05, 0) is 30.3 Å². The Morgan fingerprint density at radius 1 is 0.885 bits per heavy atom. The summed E-state index contributed by atoms with van der Waals surface area (Å²) in [5.74, 6) is 0. The van der Waals surface area contributed by atoms with E-state index < -0.39 is 0 Å². The molecule has 4 nitrogen and oxygen atoms in total. The quantitative estimate of drug-likeness (QED) is 0.193. The van der Waals surface area contributed by atoms with E-state index in [-0.39, 0.29) is 10.6 Å². The van der Waals surface area contributed by atoms with Gasteiger partial charge in [0.25, 0.3) is 5.69 Å². The van der Waals surface area contributed by atoms with Crippen molar-refractivity contribution in [2.24, 2.45) is 7.05 Å². The van der Waals surface area contributed by atoms with E-state index in [0.717, 1.165) is 32.9 Å². The maximum absolute atomic E-state index is 11.3. The molecule has 0 saturated heterocycles. The van der Waals surface area contributed by atoms with E-state index in [9.17, 15) is 10.1 Å². The van der Waals surface area contributed by atoms with E-state index in [1.54, 1.807) is 24.3 Å². The fourth-order valence-electron chi connectivity index (χ4n) is 3.36. The normalized spacial score (nSPS) is 11.2. The van der Waals surface area contributed by atoms with Crippen LogP contribution in [-0.2, 0) is 7.05 Å². The zero-order chi connectivity index (χ0) is 18.4. The van der Waals surface area contributed by atoms with Crippen LogP contribution in [0.5, 0.6) is 0 Å². The van der Waals surface area contributed by atoms with E-state index in [1.807, 2.05) is 41.9 Å². The number of para-hydroxylation sites is 1. The molecule has 0 unspecified atom stereocenters. The largest absolute Gasteiger partial charge is 0.270 e. The highest BCUT2D eigenvalue weighted by molar-refractivity contribution is 6.42. The Balaban J connectivity index is 2.20. The van der Waals surface area contributed by atoms with Gasteiger partial charge in [-0.2, -0.15) is 4.57 Å². The number of nitro groups is 1. The minimum atomic E-state index is -0.382. The molecule has 26 heavy (non-hydrogen) atoms. The van der Waals surface area contributed by atoms with Crippen molar-refractivity contribution >= 4 is 50.6 Å². The summed E-state index contributed by atoms with van der Waals surface area (Å²) < 4.78 is 2.03. The first-order chi connectivity index (χ1) is 12.5. The first kappa shape index (κ1) is 16.8. The summed E-state index contributed by atoms with van der Waals surface area (Å²) in [5, 5.41) is 15.0. The van der Waals surface area contributed by atoms with Crippen molar-refractivity contribution in [2.75, 3.05) is 0 Å². The van der Waals surface area contributed by atoms with Gasteiger partial charge in [0, 0.05) is 29.1 Å². The van der Waals surface area contributed by atoms with Gasteiger partial charge in [-0.3, -0.25) is 10.1 Å². The smallest absolute Gasteiger partial charge is 0.258 e. The number of pyridine rings is 1. The molecule has 0 fully saturated rings. The monoisotopic (exact) mass is 383 g/mol. The second-order valence-electron chi connectivity index (χ2n) is 6.04. The van der Waals surface area contributed by atoms with Crippen LogP contribution >= 0.6 is 23.2 Å². The lowest BCUT2D eigenvalue weighted by atomic mass is 9.98. The predicted octanol–water partition coefficient (Wildman–Crippen LogP) is 5.70. The maximum Gasteiger partial charge on any atom is 0.270 e. The van der Waals surface area contributed by atoms with Crippen LogP contribution < -0.4 is 4.57 Å². The summed E-state index contributed by atoms with van der Waals surface area (Å²) in [6.45, 7) is 0. The van der Waals surface area contributed by atoms with Gasteiger partial charge >= 0.3 is 0 Å². The molecule has 6 heteroatoms. The van der Waals surface area contributed by atoms with Crippen LogP contribution in [0.4, 0.5) is 5.69 Å². The van der Waals surface area contributed by atoms with Gasteiger partial charge in [0.1, 0.15) is 7.05 Å². The Hall–Kier alpha value is -2.69. The predicted molar refractivity (Wildman–Crippen MR) is 105 cm³/mol. The van der Waals surface area contributed by atoms with Crippen molar-refractivity contribution in [1.82, 2.24) is 0 Å². The highest BCUT2D eigenvalue weighted by atomic mass is 35.5. The molecule has 4 aromatic rings. The molecule has 0 aliphatic heterocycles. The molecule has 0 bridgehead atoms. The highest BCUT2D eigenvalue weighted by Gasteiger charge is 2.23. The second-order valence-corrected chi connectivity index (χ2v) is 6.86. The van der Waals surface area contributed by atoms with E-state index in [2.05, 4.69) is 0 Å². The van der Waals surface area contributed by atoms with Crippen molar-refractivity contribution in [3.05, 3.63) is 80.8 Å². The van der Waals surface area contributed by atoms with Gasteiger partial charge in [-0.25, -0.2) is 0 Å². The Morgan fingerprint density at radius 2 is 1.65 bits per heavy atom. The summed E-state index contributed by atoms with van der Waals surface area (Å²) >= 11 is 12.3. The van der Waals surface area contributed by atoms with Gasteiger partial charge in [0.2, 0.25) is 11.2 Å². The molecule has 0 amide bonds. The minimum Gasteiger partial charge on any atom is -0.258 e. The zero-order valence-electron chi connectivity index (χ0n) is 13.7. The minimum absolute atomic E-state index is 0.0501. The zero-order valence-corrected chi connectivity index (χ0v) is 15.3. The van der Waals surface area contributed by atoms with Gasteiger partial charge in [0.05, 0.1) is 25.7 Å². The number of aromatic nitrogens is 1. The van der Waals surface area contributed by atoms with Gasteiger partial charge in [0.15, 0.2) is 0 Å². The Bertz CT molecular complexity index is 1210. The van der Waals surface area contributed by atoms with Crippen LogP contribution in [0.2, 0.25) is 10.0 Å². The summed E-state index contributed by atoms with van der Waals surface area (Å²) in [7, 11) is 1.94. The molecule has 0 atom stereocenters.